The third-order valence-electron chi connectivity index (χ3n) is 3.55. The maximum absolute atomic E-state index is 12.4. The number of carbonyl (C=O) groups excluding carboxylic acids is 1. The highest BCUT2D eigenvalue weighted by Gasteiger charge is 2.15. The SMILES string of the molecule is O=C(Nc1ccccc1Br)c1cccc(NS(=O)(=O)c2ccccc2)c1. The molecule has 0 atom stereocenters. The number of rotatable bonds is 5. The van der Waals surface area contributed by atoms with E-state index in [2.05, 4.69) is 26.0 Å². The van der Waals surface area contributed by atoms with Crippen molar-refractivity contribution < 1.29 is 13.2 Å². The average molecular weight is 431 g/mol. The second kappa shape index (κ2) is 7.72. The van der Waals surface area contributed by atoms with Gasteiger partial charge in [-0.3, -0.25) is 9.52 Å². The fourth-order valence-electron chi connectivity index (χ4n) is 2.29. The van der Waals surface area contributed by atoms with E-state index in [-0.39, 0.29) is 10.8 Å². The van der Waals surface area contributed by atoms with Crippen LogP contribution in [0.25, 0.3) is 0 Å². The quantitative estimate of drug-likeness (QED) is 0.625. The van der Waals surface area contributed by atoms with Crippen LogP contribution in [-0.2, 0) is 10.0 Å². The summed E-state index contributed by atoms with van der Waals surface area (Å²) < 4.78 is 28.0. The van der Waals surface area contributed by atoms with Crippen LogP contribution in [0.2, 0.25) is 0 Å². The molecule has 3 aromatic carbocycles. The lowest BCUT2D eigenvalue weighted by Crippen LogP contribution is -2.15. The smallest absolute Gasteiger partial charge is 0.261 e. The summed E-state index contributed by atoms with van der Waals surface area (Å²) in [6, 6.07) is 21.6. The molecule has 5 nitrogen and oxygen atoms in total. The van der Waals surface area contributed by atoms with Gasteiger partial charge in [0, 0.05) is 15.7 Å². The van der Waals surface area contributed by atoms with Crippen molar-refractivity contribution in [3.8, 4) is 0 Å². The number of nitrogens with one attached hydrogen (secondary N) is 2. The van der Waals surface area contributed by atoms with Gasteiger partial charge >= 0.3 is 0 Å². The molecule has 132 valence electrons. The Hall–Kier alpha value is -2.64. The summed E-state index contributed by atoms with van der Waals surface area (Å²) in [6.07, 6.45) is 0. The fraction of sp³-hybridized carbons (Fsp3) is 0. The maximum atomic E-state index is 12.4. The van der Waals surface area contributed by atoms with Gasteiger partial charge in [0.1, 0.15) is 0 Å². The number of hydrogen-bond donors (Lipinski definition) is 2. The summed E-state index contributed by atoms with van der Waals surface area (Å²) in [5, 5.41) is 2.79. The molecule has 0 saturated heterocycles. The van der Waals surface area contributed by atoms with Crippen LogP contribution >= 0.6 is 15.9 Å². The van der Waals surface area contributed by atoms with Gasteiger partial charge in [0.25, 0.3) is 15.9 Å². The first-order chi connectivity index (χ1) is 12.5. The molecular weight excluding hydrogens is 416 g/mol. The molecule has 0 heterocycles. The third-order valence-corrected chi connectivity index (χ3v) is 5.64. The molecule has 0 spiro atoms. The highest BCUT2D eigenvalue weighted by atomic mass is 79.9. The molecule has 7 heteroatoms. The predicted octanol–water partition coefficient (Wildman–Crippen LogP) is 4.50. The minimum Gasteiger partial charge on any atom is -0.321 e. The topological polar surface area (TPSA) is 75.3 Å². The van der Waals surface area contributed by atoms with E-state index in [1.54, 1.807) is 42.5 Å². The first-order valence-electron chi connectivity index (χ1n) is 7.69. The number of anilines is 2. The van der Waals surface area contributed by atoms with Crippen molar-refractivity contribution in [2.24, 2.45) is 0 Å². The van der Waals surface area contributed by atoms with Crippen LogP contribution in [0.3, 0.4) is 0 Å². The van der Waals surface area contributed by atoms with E-state index in [1.165, 1.54) is 18.2 Å². The molecule has 0 aliphatic carbocycles. The number of amides is 1. The fourth-order valence-corrected chi connectivity index (χ4v) is 3.75. The van der Waals surface area contributed by atoms with Crippen LogP contribution in [0.1, 0.15) is 10.4 Å². The molecule has 3 rings (SSSR count). The minimum absolute atomic E-state index is 0.156. The molecule has 0 aliphatic rings. The molecular formula is C19H15BrN2O3S. The third kappa shape index (κ3) is 4.30. The second-order valence-electron chi connectivity index (χ2n) is 5.43. The molecule has 1 amide bonds. The highest BCUT2D eigenvalue weighted by molar-refractivity contribution is 9.10. The lowest BCUT2D eigenvalue weighted by molar-refractivity contribution is 0.102. The van der Waals surface area contributed by atoms with Gasteiger partial charge in [0.15, 0.2) is 0 Å². The molecule has 2 N–H and O–H groups in total. The van der Waals surface area contributed by atoms with Gasteiger partial charge in [0.05, 0.1) is 10.6 Å². The number of hydrogen-bond acceptors (Lipinski definition) is 3. The van der Waals surface area contributed by atoms with E-state index in [0.29, 0.717) is 16.9 Å². The van der Waals surface area contributed by atoms with Gasteiger partial charge in [-0.25, -0.2) is 8.42 Å². The number of sulfonamides is 1. The Morgan fingerprint density at radius 1 is 0.846 bits per heavy atom. The number of para-hydroxylation sites is 1. The Balaban J connectivity index is 1.80. The Labute approximate surface area is 160 Å². The largest absolute Gasteiger partial charge is 0.321 e. The van der Waals surface area contributed by atoms with E-state index < -0.39 is 10.0 Å². The number of halogens is 1. The second-order valence-corrected chi connectivity index (χ2v) is 7.97. The summed E-state index contributed by atoms with van der Waals surface area (Å²) in [4.78, 5) is 12.6. The summed E-state index contributed by atoms with van der Waals surface area (Å²) in [6.45, 7) is 0. The highest BCUT2D eigenvalue weighted by Crippen LogP contribution is 2.23. The zero-order valence-corrected chi connectivity index (χ0v) is 15.9. The van der Waals surface area contributed by atoms with E-state index in [9.17, 15) is 13.2 Å². The molecule has 26 heavy (non-hydrogen) atoms. The molecule has 3 aromatic rings. The van der Waals surface area contributed by atoms with Crippen molar-refractivity contribution in [2.75, 3.05) is 10.0 Å². The van der Waals surface area contributed by atoms with Crippen LogP contribution < -0.4 is 10.0 Å². The van der Waals surface area contributed by atoms with Crippen molar-refractivity contribution in [1.29, 1.82) is 0 Å². The Morgan fingerprint density at radius 3 is 2.27 bits per heavy atom. The van der Waals surface area contributed by atoms with Crippen molar-refractivity contribution in [2.45, 2.75) is 4.90 Å². The number of benzene rings is 3. The van der Waals surface area contributed by atoms with Crippen LogP contribution in [0.15, 0.2) is 88.2 Å². The monoisotopic (exact) mass is 430 g/mol. The molecule has 0 radical (unpaired) electrons. The molecule has 0 aliphatic heterocycles. The lowest BCUT2D eigenvalue weighted by Gasteiger charge is -2.10. The van der Waals surface area contributed by atoms with Crippen molar-refractivity contribution in [3.63, 3.8) is 0 Å². The van der Waals surface area contributed by atoms with E-state index in [4.69, 9.17) is 0 Å². The van der Waals surface area contributed by atoms with Crippen LogP contribution in [-0.4, -0.2) is 14.3 Å². The van der Waals surface area contributed by atoms with Gasteiger partial charge in [-0.1, -0.05) is 36.4 Å². The molecule has 0 aromatic heterocycles. The van der Waals surface area contributed by atoms with Crippen molar-refractivity contribution in [1.82, 2.24) is 0 Å². The van der Waals surface area contributed by atoms with Gasteiger partial charge in [-0.15, -0.1) is 0 Å². The van der Waals surface area contributed by atoms with Crippen LogP contribution in [0, 0.1) is 0 Å². The standard InChI is InChI=1S/C19H15BrN2O3S/c20-17-11-4-5-12-18(17)21-19(23)14-7-6-8-15(13-14)22-26(24,25)16-9-2-1-3-10-16/h1-13,22H,(H,21,23). The summed E-state index contributed by atoms with van der Waals surface area (Å²) in [5.41, 5.74) is 1.29. The predicted molar refractivity (Wildman–Crippen MR) is 106 cm³/mol. The van der Waals surface area contributed by atoms with E-state index in [1.807, 2.05) is 18.2 Å². The molecule has 0 fully saturated rings. The van der Waals surface area contributed by atoms with Crippen LogP contribution in [0.5, 0.6) is 0 Å². The Bertz CT molecular complexity index is 1040. The first kappa shape index (κ1) is 18.2. The van der Waals surface area contributed by atoms with Gasteiger partial charge in [-0.2, -0.15) is 0 Å². The average Bonchev–Trinajstić information content (AvgIpc) is 2.64. The van der Waals surface area contributed by atoms with Crippen LogP contribution in [0.4, 0.5) is 11.4 Å². The maximum Gasteiger partial charge on any atom is 0.261 e. The minimum atomic E-state index is -3.71. The van der Waals surface area contributed by atoms with Crippen molar-refractivity contribution in [3.05, 3.63) is 88.9 Å². The molecule has 0 saturated carbocycles. The zero-order chi connectivity index (χ0) is 18.6. The lowest BCUT2D eigenvalue weighted by atomic mass is 10.2. The molecule has 0 bridgehead atoms. The first-order valence-corrected chi connectivity index (χ1v) is 9.97. The molecule has 0 unspecified atom stereocenters. The summed E-state index contributed by atoms with van der Waals surface area (Å²) >= 11 is 3.37. The normalized spacial score (nSPS) is 11.0. The van der Waals surface area contributed by atoms with Crippen molar-refractivity contribution >= 4 is 43.2 Å². The number of carbonyl (C=O) groups is 1. The van der Waals surface area contributed by atoms with Gasteiger partial charge < -0.3 is 5.32 Å². The zero-order valence-electron chi connectivity index (χ0n) is 13.5. The summed E-state index contributed by atoms with van der Waals surface area (Å²) in [7, 11) is -3.71. The Kier molecular flexibility index (Phi) is 5.39. The van der Waals surface area contributed by atoms with E-state index >= 15 is 0 Å². The van der Waals surface area contributed by atoms with E-state index in [0.717, 1.165) is 4.47 Å². The van der Waals surface area contributed by atoms with Gasteiger partial charge in [-0.05, 0) is 58.4 Å². The van der Waals surface area contributed by atoms with Gasteiger partial charge in [0.2, 0.25) is 0 Å². The Morgan fingerprint density at radius 2 is 1.54 bits per heavy atom. The summed E-state index contributed by atoms with van der Waals surface area (Å²) in [5.74, 6) is -0.336.